The van der Waals surface area contributed by atoms with Crippen molar-refractivity contribution in [2.75, 3.05) is 0 Å². The predicted octanol–water partition coefficient (Wildman–Crippen LogP) is 3.94. The van der Waals surface area contributed by atoms with Gasteiger partial charge in [0, 0.05) is 6.04 Å². The average Bonchev–Trinajstić information content (AvgIpc) is 2.80. The van der Waals surface area contributed by atoms with Gasteiger partial charge in [0.1, 0.15) is 0 Å². The molecule has 1 aromatic carbocycles. The highest BCUT2D eigenvalue weighted by molar-refractivity contribution is 9.10. The van der Waals surface area contributed by atoms with Gasteiger partial charge in [-0.05, 0) is 34.0 Å². The smallest absolute Gasteiger partial charge is 0.0995 e. The molecule has 0 radical (unpaired) electrons. The summed E-state index contributed by atoms with van der Waals surface area (Å²) in [5, 5.41) is 0.672. The van der Waals surface area contributed by atoms with Crippen LogP contribution < -0.4 is 5.73 Å². The van der Waals surface area contributed by atoms with Crippen LogP contribution in [0.1, 0.15) is 25.6 Å². The number of nitrogens with two attached hydrogens (primary N) is 1. The van der Waals surface area contributed by atoms with E-state index in [4.69, 9.17) is 17.3 Å². The van der Waals surface area contributed by atoms with Crippen molar-refractivity contribution in [3.8, 4) is 5.69 Å². The molecular formula is C13H15BrClN3. The molecule has 18 heavy (non-hydrogen) atoms. The van der Waals surface area contributed by atoms with Gasteiger partial charge >= 0.3 is 0 Å². The lowest BCUT2D eigenvalue weighted by molar-refractivity contribution is 0.497. The molecule has 96 valence electrons. The number of nitrogens with zero attached hydrogens (tertiary/aromatic N) is 2. The van der Waals surface area contributed by atoms with E-state index < -0.39 is 0 Å². The molecule has 2 rings (SSSR count). The first-order valence-electron chi connectivity index (χ1n) is 5.74. The van der Waals surface area contributed by atoms with Crippen LogP contribution in [0.2, 0.25) is 5.02 Å². The summed E-state index contributed by atoms with van der Waals surface area (Å²) in [6.45, 7) is 4.18. The van der Waals surface area contributed by atoms with Crippen molar-refractivity contribution in [3.63, 3.8) is 0 Å². The molecular weight excluding hydrogens is 314 g/mol. The molecule has 0 aliphatic carbocycles. The predicted molar refractivity (Wildman–Crippen MR) is 78.0 cm³/mol. The van der Waals surface area contributed by atoms with Crippen LogP contribution in [0.5, 0.6) is 0 Å². The molecule has 1 heterocycles. The summed E-state index contributed by atoms with van der Waals surface area (Å²) >= 11 is 9.61. The Morgan fingerprint density at radius 3 is 2.78 bits per heavy atom. The maximum absolute atomic E-state index is 6.20. The van der Waals surface area contributed by atoms with Gasteiger partial charge in [-0.1, -0.05) is 31.5 Å². The largest absolute Gasteiger partial charge is 0.322 e. The zero-order valence-corrected chi connectivity index (χ0v) is 12.6. The van der Waals surface area contributed by atoms with E-state index in [-0.39, 0.29) is 6.04 Å². The molecule has 1 atom stereocenters. The van der Waals surface area contributed by atoms with Crippen LogP contribution in [0, 0.1) is 5.92 Å². The Morgan fingerprint density at radius 2 is 2.11 bits per heavy atom. The Labute approximate surface area is 120 Å². The molecule has 2 aromatic rings. The average molecular weight is 329 g/mol. The lowest BCUT2D eigenvalue weighted by Gasteiger charge is -2.18. The molecule has 1 aromatic heterocycles. The number of aromatic nitrogens is 2. The molecule has 0 bridgehead atoms. The van der Waals surface area contributed by atoms with E-state index in [0.29, 0.717) is 10.9 Å². The van der Waals surface area contributed by atoms with Crippen LogP contribution in [0.25, 0.3) is 5.69 Å². The molecule has 1 unspecified atom stereocenters. The van der Waals surface area contributed by atoms with Gasteiger partial charge in [-0.3, -0.25) is 0 Å². The van der Waals surface area contributed by atoms with Crippen LogP contribution >= 0.6 is 27.5 Å². The van der Waals surface area contributed by atoms with Crippen LogP contribution in [-0.4, -0.2) is 9.55 Å². The normalized spacial score (nSPS) is 13.0. The standard InChI is InChI=1S/C13H15BrClN3/c1-8(2)13(16)11-6-17-7-18(11)10-5-3-4-9(15)12(10)14/h3-8,13H,16H2,1-2H3. The minimum absolute atomic E-state index is 0.0571. The van der Waals surface area contributed by atoms with Gasteiger partial charge in [-0.25, -0.2) is 4.98 Å². The molecule has 0 aliphatic heterocycles. The van der Waals surface area contributed by atoms with Crippen molar-refractivity contribution in [3.05, 3.63) is 45.9 Å². The Balaban J connectivity index is 2.52. The van der Waals surface area contributed by atoms with Crippen LogP contribution in [-0.2, 0) is 0 Å². The number of rotatable bonds is 3. The maximum atomic E-state index is 6.20. The highest BCUT2D eigenvalue weighted by Gasteiger charge is 2.17. The van der Waals surface area contributed by atoms with Crippen LogP contribution in [0.4, 0.5) is 0 Å². The van der Waals surface area contributed by atoms with Gasteiger partial charge in [-0.15, -0.1) is 0 Å². The fourth-order valence-electron chi connectivity index (χ4n) is 1.77. The third-order valence-corrected chi connectivity index (χ3v) is 4.29. The van der Waals surface area contributed by atoms with Gasteiger partial charge in [0.15, 0.2) is 0 Å². The SMILES string of the molecule is CC(C)C(N)c1cncn1-c1cccc(Cl)c1Br. The summed E-state index contributed by atoms with van der Waals surface area (Å²) in [4.78, 5) is 4.19. The van der Waals surface area contributed by atoms with E-state index in [1.165, 1.54) is 0 Å². The number of hydrogen-bond donors (Lipinski definition) is 1. The first-order valence-corrected chi connectivity index (χ1v) is 6.91. The topological polar surface area (TPSA) is 43.8 Å². The van der Waals surface area contributed by atoms with Crippen molar-refractivity contribution in [1.29, 1.82) is 0 Å². The number of hydrogen-bond acceptors (Lipinski definition) is 2. The molecule has 0 aliphatic rings. The molecule has 0 saturated heterocycles. The summed E-state index contributed by atoms with van der Waals surface area (Å²) in [6, 6.07) is 5.67. The minimum atomic E-state index is -0.0571. The number of imidazole rings is 1. The van der Waals surface area contributed by atoms with E-state index in [1.54, 1.807) is 12.5 Å². The van der Waals surface area contributed by atoms with Crippen LogP contribution in [0.3, 0.4) is 0 Å². The molecule has 3 nitrogen and oxygen atoms in total. The monoisotopic (exact) mass is 327 g/mol. The Kier molecular flexibility index (Phi) is 4.10. The first kappa shape index (κ1) is 13.6. The van der Waals surface area contributed by atoms with E-state index in [2.05, 4.69) is 34.8 Å². The third-order valence-electron chi connectivity index (χ3n) is 2.92. The fraction of sp³-hybridized carbons (Fsp3) is 0.308. The summed E-state index contributed by atoms with van der Waals surface area (Å²) < 4.78 is 2.82. The van der Waals surface area contributed by atoms with Gasteiger partial charge < -0.3 is 10.3 Å². The molecule has 0 spiro atoms. The van der Waals surface area contributed by atoms with E-state index >= 15 is 0 Å². The number of halogens is 2. The lowest BCUT2D eigenvalue weighted by atomic mass is 10.0. The van der Waals surface area contributed by atoms with E-state index in [1.807, 2.05) is 22.8 Å². The number of benzene rings is 1. The molecule has 0 fully saturated rings. The van der Waals surface area contributed by atoms with Gasteiger partial charge in [0.05, 0.1) is 33.4 Å². The second-order valence-electron chi connectivity index (χ2n) is 4.53. The van der Waals surface area contributed by atoms with Gasteiger partial charge in [0.25, 0.3) is 0 Å². The van der Waals surface area contributed by atoms with E-state index in [9.17, 15) is 0 Å². The zero-order chi connectivity index (χ0) is 13.3. The summed E-state index contributed by atoms with van der Waals surface area (Å²) in [5.74, 6) is 0.346. The molecule has 2 N–H and O–H groups in total. The van der Waals surface area contributed by atoms with Gasteiger partial charge in [0.2, 0.25) is 0 Å². The Morgan fingerprint density at radius 1 is 1.39 bits per heavy atom. The van der Waals surface area contributed by atoms with Crippen molar-refractivity contribution in [2.24, 2.45) is 11.7 Å². The molecule has 0 amide bonds. The Hall–Kier alpha value is -0.840. The summed E-state index contributed by atoms with van der Waals surface area (Å²) in [7, 11) is 0. The summed E-state index contributed by atoms with van der Waals surface area (Å²) in [5.41, 5.74) is 8.13. The Bertz CT molecular complexity index is 551. The van der Waals surface area contributed by atoms with Crippen molar-refractivity contribution in [2.45, 2.75) is 19.9 Å². The fourth-order valence-corrected chi connectivity index (χ4v) is 2.40. The van der Waals surface area contributed by atoms with Gasteiger partial charge in [-0.2, -0.15) is 0 Å². The minimum Gasteiger partial charge on any atom is -0.322 e. The molecule has 5 heteroatoms. The first-order chi connectivity index (χ1) is 8.52. The second kappa shape index (κ2) is 5.43. The zero-order valence-electron chi connectivity index (χ0n) is 10.3. The quantitative estimate of drug-likeness (QED) is 0.927. The second-order valence-corrected chi connectivity index (χ2v) is 5.73. The summed E-state index contributed by atoms with van der Waals surface area (Å²) in [6.07, 6.45) is 3.56. The van der Waals surface area contributed by atoms with Crippen molar-refractivity contribution < 1.29 is 0 Å². The third kappa shape index (κ3) is 2.46. The van der Waals surface area contributed by atoms with Crippen LogP contribution in [0.15, 0.2) is 35.2 Å². The lowest BCUT2D eigenvalue weighted by Crippen LogP contribution is -2.20. The molecule has 0 saturated carbocycles. The maximum Gasteiger partial charge on any atom is 0.0995 e. The van der Waals surface area contributed by atoms with Crippen molar-refractivity contribution in [1.82, 2.24) is 9.55 Å². The van der Waals surface area contributed by atoms with E-state index in [0.717, 1.165) is 15.9 Å². The highest BCUT2D eigenvalue weighted by Crippen LogP contribution is 2.31. The highest BCUT2D eigenvalue weighted by atomic mass is 79.9. The van der Waals surface area contributed by atoms with Crippen molar-refractivity contribution >= 4 is 27.5 Å².